The number of carbonyl (C=O) groups excluding carboxylic acids is 1. The molecule has 0 amide bonds. The normalized spacial score (nSPS) is 10.9. The molecule has 0 aliphatic carbocycles. The fourth-order valence-corrected chi connectivity index (χ4v) is 2.28. The van der Waals surface area contributed by atoms with Gasteiger partial charge in [-0.15, -0.1) is 0 Å². The first-order chi connectivity index (χ1) is 11.6. The average molecular weight is 328 g/mol. The molecule has 8 heteroatoms. The number of benzene rings is 1. The van der Waals surface area contributed by atoms with E-state index in [1.54, 1.807) is 30.3 Å². The molecule has 3 rings (SSSR count). The summed E-state index contributed by atoms with van der Waals surface area (Å²) >= 11 is 0. The van der Waals surface area contributed by atoms with E-state index in [1.165, 1.54) is 0 Å². The van der Waals surface area contributed by atoms with Gasteiger partial charge in [-0.1, -0.05) is 31.5 Å². The summed E-state index contributed by atoms with van der Waals surface area (Å²) in [5.74, 6) is -0.608. The highest BCUT2D eigenvalue weighted by atomic mass is 16.5. The van der Waals surface area contributed by atoms with Crippen molar-refractivity contribution in [2.24, 2.45) is 0 Å². The Morgan fingerprint density at radius 2 is 1.96 bits per heavy atom. The van der Waals surface area contributed by atoms with E-state index < -0.39 is 17.2 Å². The molecule has 2 aromatic heterocycles. The summed E-state index contributed by atoms with van der Waals surface area (Å²) in [6, 6.07) is 8.26. The van der Waals surface area contributed by atoms with Gasteiger partial charge < -0.3 is 9.72 Å². The van der Waals surface area contributed by atoms with Crippen molar-refractivity contribution in [1.82, 2.24) is 19.5 Å². The quantitative estimate of drug-likeness (QED) is 0.689. The molecule has 24 heavy (non-hydrogen) atoms. The van der Waals surface area contributed by atoms with Crippen LogP contribution in [0.4, 0.5) is 0 Å². The number of imidazole rings is 1. The Morgan fingerprint density at radius 1 is 1.21 bits per heavy atom. The minimum absolute atomic E-state index is 0.0635. The number of fused-ring (bicyclic) bond motifs is 1. The molecule has 0 spiro atoms. The molecule has 124 valence electrons. The minimum atomic E-state index is -0.608. The molecule has 0 radical (unpaired) electrons. The third-order valence-electron chi connectivity index (χ3n) is 3.55. The van der Waals surface area contributed by atoms with Gasteiger partial charge in [0.2, 0.25) is 0 Å². The van der Waals surface area contributed by atoms with Gasteiger partial charge in [-0.2, -0.15) is 4.98 Å². The van der Waals surface area contributed by atoms with Gasteiger partial charge in [0, 0.05) is 6.54 Å². The van der Waals surface area contributed by atoms with Crippen molar-refractivity contribution < 1.29 is 9.53 Å². The number of aromatic amines is 2. The topological polar surface area (TPSA) is 110 Å². The molecule has 0 aliphatic heterocycles. The Balaban J connectivity index is 1.94. The van der Waals surface area contributed by atoms with Crippen LogP contribution in [0.1, 0.15) is 30.1 Å². The molecular weight excluding hydrogens is 312 g/mol. The predicted octanol–water partition coefficient (Wildman–Crippen LogP) is 1.43. The van der Waals surface area contributed by atoms with Crippen LogP contribution < -0.4 is 16.0 Å². The molecule has 0 saturated carbocycles. The number of hydrogen-bond donors (Lipinski definition) is 2. The van der Waals surface area contributed by atoms with Gasteiger partial charge in [0.05, 0.1) is 5.56 Å². The van der Waals surface area contributed by atoms with Crippen molar-refractivity contribution in [1.29, 1.82) is 0 Å². The maximum atomic E-state index is 12.4. The molecule has 0 unspecified atom stereocenters. The lowest BCUT2D eigenvalue weighted by Crippen LogP contribution is -2.35. The summed E-state index contributed by atoms with van der Waals surface area (Å²) in [4.78, 5) is 45.4. The lowest BCUT2D eigenvalue weighted by Gasteiger charge is -2.01. The predicted molar refractivity (Wildman–Crippen MR) is 87.3 cm³/mol. The number of hydrogen-bond acceptors (Lipinski definition) is 5. The highest BCUT2D eigenvalue weighted by molar-refractivity contribution is 5.90. The number of unbranched alkanes of at least 4 members (excludes halogenated alkanes) is 1. The van der Waals surface area contributed by atoms with Crippen LogP contribution in [0.3, 0.4) is 0 Å². The first-order valence-electron chi connectivity index (χ1n) is 7.60. The van der Waals surface area contributed by atoms with Crippen molar-refractivity contribution in [3.8, 4) is 6.01 Å². The Hall–Kier alpha value is -3.16. The molecule has 0 saturated heterocycles. The maximum absolute atomic E-state index is 12.4. The number of ether oxygens (including phenoxy) is 1. The monoisotopic (exact) mass is 328 g/mol. The Bertz CT molecular complexity index is 985. The van der Waals surface area contributed by atoms with Crippen LogP contribution in [0, 0.1) is 0 Å². The van der Waals surface area contributed by atoms with E-state index in [0.717, 1.165) is 11.0 Å². The van der Waals surface area contributed by atoms with Crippen LogP contribution in [-0.2, 0) is 6.54 Å². The lowest BCUT2D eigenvalue weighted by molar-refractivity contribution is 0.0721. The van der Waals surface area contributed by atoms with Crippen LogP contribution in [0.25, 0.3) is 11.2 Å². The second-order valence-electron chi connectivity index (χ2n) is 5.26. The van der Waals surface area contributed by atoms with E-state index >= 15 is 0 Å². The molecule has 2 N–H and O–H groups in total. The molecule has 3 aromatic rings. The number of aromatic nitrogens is 4. The van der Waals surface area contributed by atoms with Crippen molar-refractivity contribution in [2.75, 3.05) is 0 Å². The smallest absolute Gasteiger partial charge is 0.345 e. The number of nitrogens with zero attached hydrogens (tertiary/aromatic N) is 2. The standard InChI is InChI=1S/C16H16N4O4/c1-2-3-9-20-13(21)11-12(19-16(20)23)18-15(17-11)24-14(22)10-7-5-4-6-8-10/h4-8H,2-3,9H2,1H3,(H,17,18)(H,19,23). The van der Waals surface area contributed by atoms with Crippen LogP contribution in [0.5, 0.6) is 6.01 Å². The number of rotatable bonds is 5. The summed E-state index contributed by atoms with van der Waals surface area (Å²) in [5.41, 5.74) is -0.507. The summed E-state index contributed by atoms with van der Waals surface area (Å²) in [6.07, 6.45) is 1.56. The molecule has 1 aromatic carbocycles. The third kappa shape index (κ3) is 2.98. The summed E-state index contributed by atoms with van der Waals surface area (Å²) in [5, 5.41) is 0. The zero-order valence-electron chi connectivity index (χ0n) is 13.0. The molecular formula is C16H16N4O4. The van der Waals surface area contributed by atoms with Gasteiger partial charge in [-0.3, -0.25) is 14.3 Å². The largest absolute Gasteiger partial charge is 0.388 e. The number of carbonyl (C=O) groups is 1. The highest BCUT2D eigenvalue weighted by Gasteiger charge is 2.15. The number of esters is 1. The van der Waals surface area contributed by atoms with E-state index in [2.05, 4.69) is 15.0 Å². The lowest BCUT2D eigenvalue weighted by atomic mass is 10.2. The van der Waals surface area contributed by atoms with Gasteiger partial charge in [0.15, 0.2) is 11.2 Å². The molecule has 0 bridgehead atoms. The first-order valence-corrected chi connectivity index (χ1v) is 7.60. The van der Waals surface area contributed by atoms with Gasteiger partial charge in [-0.05, 0) is 18.6 Å². The van der Waals surface area contributed by atoms with Gasteiger partial charge in [0.25, 0.3) is 5.56 Å². The number of H-pyrrole nitrogens is 2. The average Bonchev–Trinajstić information content (AvgIpc) is 2.98. The van der Waals surface area contributed by atoms with Crippen LogP contribution in [-0.4, -0.2) is 25.5 Å². The second-order valence-corrected chi connectivity index (χ2v) is 5.26. The fourth-order valence-electron chi connectivity index (χ4n) is 2.28. The van der Waals surface area contributed by atoms with Crippen LogP contribution in [0.2, 0.25) is 0 Å². The van der Waals surface area contributed by atoms with E-state index in [-0.39, 0.29) is 17.2 Å². The second kappa shape index (κ2) is 6.53. The molecule has 0 aliphatic rings. The first kappa shape index (κ1) is 15.7. The fraction of sp³-hybridized carbons (Fsp3) is 0.250. The molecule has 8 nitrogen and oxygen atoms in total. The summed E-state index contributed by atoms with van der Waals surface area (Å²) < 4.78 is 6.23. The highest BCUT2D eigenvalue weighted by Crippen LogP contribution is 2.11. The van der Waals surface area contributed by atoms with Gasteiger partial charge >= 0.3 is 17.7 Å². The van der Waals surface area contributed by atoms with Crippen LogP contribution >= 0.6 is 0 Å². The Kier molecular flexibility index (Phi) is 4.28. The van der Waals surface area contributed by atoms with Crippen LogP contribution in [0.15, 0.2) is 39.9 Å². The number of nitrogens with one attached hydrogen (secondary N) is 2. The third-order valence-corrected chi connectivity index (χ3v) is 3.55. The minimum Gasteiger partial charge on any atom is -0.388 e. The SMILES string of the molecule is CCCCn1c(=O)[nH]c2nc(OC(=O)c3ccccc3)[nH]c2c1=O. The van der Waals surface area contributed by atoms with E-state index in [0.29, 0.717) is 18.5 Å². The van der Waals surface area contributed by atoms with Gasteiger partial charge in [0.1, 0.15) is 0 Å². The zero-order valence-corrected chi connectivity index (χ0v) is 13.0. The molecule has 0 fully saturated rings. The van der Waals surface area contributed by atoms with Crippen molar-refractivity contribution >= 4 is 17.1 Å². The maximum Gasteiger partial charge on any atom is 0.345 e. The Labute approximate surface area is 136 Å². The Morgan fingerprint density at radius 3 is 2.67 bits per heavy atom. The molecule has 2 heterocycles. The van der Waals surface area contributed by atoms with E-state index in [9.17, 15) is 14.4 Å². The van der Waals surface area contributed by atoms with E-state index in [4.69, 9.17) is 4.74 Å². The summed E-state index contributed by atoms with van der Waals surface area (Å²) in [6.45, 7) is 2.29. The van der Waals surface area contributed by atoms with Crippen molar-refractivity contribution in [3.63, 3.8) is 0 Å². The summed E-state index contributed by atoms with van der Waals surface area (Å²) in [7, 11) is 0. The molecule has 0 atom stereocenters. The van der Waals surface area contributed by atoms with Gasteiger partial charge in [-0.25, -0.2) is 9.59 Å². The van der Waals surface area contributed by atoms with Crippen molar-refractivity contribution in [2.45, 2.75) is 26.3 Å². The van der Waals surface area contributed by atoms with E-state index in [1.807, 2.05) is 6.92 Å². The van der Waals surface area contributed by atoms with Crippen molar-refractivity contribution in [3.05, 3.63) is 56.7 Å². The zero-order chi connectivity index (χ0) is 17.1.